The van der Waals surface area contributed by atoms with Crippen LogP contribution in [0, 0.1) is 0 Å². The molecule has 31 heavy (non-hydrogen) atoms. The van der Waals surface area contributed by atoms with Crippen molar-refractivity contribution in [2.75, 3.05) is 0 Å². The van der Waals surface area contributed by atoms with Crippen LogP contribution in [0.4, 0.5) is 0 Å². The molecule has 2 aromatic rings. The van der Waals surface area contributed by atoms with E-state index >= 15 is 0 Å². The van der Waals surface area contributed by atoms with Crippen LogP contribution in [0.15, 0.2) is 60.7 Å². The fraction of sp³-hybridized carbons (Fsp3) is 0.200. The summed E-state index contributed by atoms with van der Waals surface area (Å²) in [7, 11) is 0. The Morgan fingerprint density at radius 3 is 1.19 bits per heavy atom. The van der Waals surface area contributed by atoms with Gasteiger partial charge in [-0.2, -0.15) is 0 Å². The molecular weight excluding hydrogens is 444 g/mol. The summed E-state index contributed by atoms with van der Waals surface area (Å²) in [6.45, 7) is 0. The fourth-order valence-corrected chi connectivity index (χ4v) is 5.93. The number of hydroxylamine groups is 4. The molecule has 0 unspecified atom stereocenters. The number of carbonyl (C=O) groups excluding carboxylic acids is 4. The van der Waals surface area contributed by atoms with Crippen LogP contribution in [0.5, 0.6) is 11.5 Å². The van der Waals surface area contributed by atoms with Crippen LogP contribution >= 0.6 is 0 Å². The predicted octanol–water partition coefficient (Wildman–Crippen LogP) is 2.12. The average Bonchev–Trinajstić information content (AvgIpc) is 3.25. The molecule has 2 aromatic carbocycles. The van der Waals surface area contributed by atoms with Gasteiger partial charge in [-0.25, -0.2) is 0 Å². The number of carbonyl (C=O) groups is 4. The second kappa shape index (κ2) is 8.98. The second-order valence-corrected chi connectivity index (χ2v) is 9.45. The van der Waals surface area contributed by atoms with Crippen molar-refractivity contribution in [3.63, 3.8) is 0 Å². The van der Waals surface area contributed by atoms with Crippen molar-refractivity contribution in [3.05, 3.63) is 60.7 Å². The summed E-state index contributed by atoms with van der Waals surface area (Å²) in [5, 5.41) is 1.08. The monoisotopic (exact) mass is 462 g/mol. The number of nitrogens with zero attached hydrogens (tertiary/aromatic N) is 2. The van der Waals surface area contributed by atoms with Gasteiger partial charge in [-0.15, -0.1) is 0 Å². The second-order valence-electron chi connectivity index (χ2n) is 6.68. The summed E-state index contributed by atoms with van der Waals surface area (Å²) in [6.07, 6.45) is -0.185. The molecule has 2 heterocycles. The number of amides is 4. The van der Waals surface area contributed by atoms with E-state index in [0.717, 1.165) is 0 Å². The Balaban J connectivity index is 1.75. The van der Waals surface area contributed by atoms with Crippen molar-refractivity contribution < 1.29 is 50.8 Å². The van der Waals surface area contributed by atoms with E-state index in [2.05, 4.69) is 0 Å². The summed E-state index contributed by atoms with van der Waals surface area (Å²) in [4.78, 5) is 48.9. The van der Waals surface area contributed by atoms with Crippen LogP contribution in [-0.2, 0) is 44.2 Å². The van der Waals surface area contributed by atoms with Gasteiger partial charge in [-0.1, -0.05) is 0 Å². The Kier molecular flexibility index (Phi) is 6.14. The molecule has 0 radical (unpaired) electrons. The fourth-order valence-electron chi connectivity index (χ4n) is 2.92. The number of hydrogen-bond acceptors (Lipinski definition) is 8. The first kappa shape index (κ1) is 21.2. The van der Waals surface area contributed by atoms with Crippen LogP contribution in [0.25, 0.3) is 0 Å². The molecule has 4 amide bonds. The van der Waals surface area contributed by atoms with E-state index in [1.54, 1.807) is 60.7 Å². The van der Waals surface area contributed by atoms with Gasteiger partial charge in [0.1, 0.15) is 0 Å². The quantitative estimate of drug-likeness (QED) is 0.433. The van der Waals surface area contributed by atoms with Gasteiger partial charge in [-0.05, 0) is 0 Å². The maximum absolute atomic E-state index is 12.2. The van der Waals surface area contributed by atoms with Gasteiger partial charge in [0.2, 0.25) is 0 Å². The summed E-state index contributed by atoms with van der Waals surface area (Å²) in [5.74, 6) is -1.91. The van der Waals surface area contributed by atoms with Crippen molar-refractivity contribution in [1.82, 2.24) is 10.1 Å². The van der Waals surface area contributed by atoms with Gasteiger partial charge in [0, 0.05) is 0 Å². The third-order valence-corrected chi connectivity index (χ3v) is 7.18. The van der Waals surface area contributed by atoms with E-state index in [4.69, 9.17) is 13.5 Å². The molecule has 2 saturated heterocycles. The molecule has 2 fully saturated rings. The van der Waals surface area contributed by atoms with Crippen molar-refractivity contribution in [2.24, 2.45) is 0 Å². The molecule has 0 N–H and O–H groups in total. The summed E-state index contributed by atoms with van der Waals surface area (Å²) in [5.41, 5.74) is 0. The van der Waals surface area contributed by atoms with Crippen LogP contribution in [-0.4, -0.2) is 33.8 Å². The van der Waals surface area contributed by atoms with Crippen molar-refractivity contribution in [2.45, 2.75) is 25.7 Å². The van der Waals surface area contributed by atoms with Gasteiger partial charge in [0.05, 0.1) is 0 Å². The molecule has 2 aliphatic rings. The van der Waals surface area contributed by atoms with Gasteiger partial charge in [0.15, 0.2) is 0 Å². The number of para-hydroxylation sites is 2. The van der Waals surface area contributed by atoms with Gasteiger partial charge in [-0.3, -0.25) is 0 Å². The number of hydrogen-bond donors (Lipinski definition) is 0. The minimum absolute atomic E-state index is 0.0462. The topological polar surface area (TPSA) is 112 Å². The Morgan fingerprint density at radius 1 is 0.548 bits per heavy atom. The van der Waals surface area contributed by atoms with Crippen LogP contribution in [0.1, 0.15) is 25.7 Å². The third kappa shape index (κ3) is 4.83. The van der Waals surface area contributed by atoms with Crippen LogP contribution in [0.3, 0.4) is 0 Å². The van der Waals surface area contributed by atoms with E-state index in [1.807, 2.05) is 0 Å². The molecule has 10 nitrogen and oxygen atoms in total. The summed E-state index contributed by atoms with van der Waals surface area (Å²) < 4.78 is 23.3. The number of imide groups is 2. The zero-order valence-corrected chi connectivity index (χ0v) is 17.8. The SMILES string of the molecule is O=C1CCC(=O)N1[O][Ti]([O]c1ccccc1)([O]c1ccccc1)[O]N1C(=O)CCC1=O. The zero-order chi connectivity index (χ0) is 21.8. The molecule has 0 saturated carbocycles. The predicted molar refractivity (Wildman–Crippen MR) is 98.5 cm³/mol. The Labute approximate surface area is 182 Å². The first-order valence-electron chi connectivity index (χ1n) is 9.54. The van der Waals surface area contributed by atoms with Gasteiger partial charge < -0.3 is 0 Å². The van der Waals surface area contributed by atoms with E-state index in [1.165, 1.54) is 0 Å². The normalized spacial score (nSPS) is 16.9. The molecule has 2 aliphatic heterocycles. The van der Waals surface area contributed by atoms with Crippen molar-refractivity contribution in [1.29, 1.82) is 0 Å². The molecule has 0 aliphatic carbocycles. The van der Waals surface area contributed by atoms with Crippen molar-refractivity contribution in [3.8, 4) is 11.5 Å². The number of benzene rings is 2. The molecule has 11 heteroatoms. The van der Waals surface area contributed by atoms with Crippen molar-refractivity contribution >= 4 is 23.6 Å². The molecular formula is C20H18N2O8Ti. The Bertz CT molecular complexity index is 887. The first-order chi connectivity index (χ1) is 15.0. The molecule has 160 valence electrons. The molecule has 0 spiro atoms. The van der Waals surface area contributed by atoms with E-state index in [-0.39, 0.29) is 37.2 Å². The third-order valence-electron chi connectivity index (χ3n) is 4.39. The zero-order valence-electron chi connectivity index (χ0n) is 16.3. The molecule has 0 atom stereocenters. The Morgan fingerprint density at radius 2 is 0.871 bits per heavy atom. The first-order valence-corrected chi connectivity index (χ1v) is 12.1. The number of rotatable bonds is 8. The van der Waals surface area contributed by atoms with Gasteiger partial charge >= 0.3 is 182 Å². The average molecular weight is 462 g/mol. The Hall–Kier alpha value is -3.05. The standard InChI is InChI=1S/2C6H6O.2C4H4NO3.Ti/c2*7-6-4-2-1-3-5-6;2*6-3-1-2-4(7)5(3)8;/h2*1-5,7H;2*1-2H2;/q;;2*-1;+4/p-2. The van der Waals surface area contributed by atoms with E-state index in [9.17, 15) is 19.2 Å². The minimum atomic E-state index is -5.28. The van der Waals surface area contributed by atoms with E-state index in [0.29, 0.717) is 10.1 Å². The molecule has 0 aromatic heterocycles. The van der Waals surface area contributed by atoms with Crippen LogP contribution in [0.2, 0.25) is 0 Å². The van der Waals surface area contributed by atoms with Crippen LogP contribution < -0.4 is 6.64 Å². The van der Waals surface area contributed by atoms with E-state index < -0.39 is 41.8 Å². The maximum atomic E-state index is 12.2. The summed E-state index contributed by atoms with van der Waals surface area (Å²) >= 11 is -5.28. The molecule has 0 bridgehead atoms. The molecule has 4 rings (SSSR count). The summed E-state index contributed by atoms with van der Waals surface area (Å²) in [6, 6.07) is 16.6. The van der Waals surface area contributed by atoms with Gasteiger partial charge in [0.25, 0.3) is 0 Å².